The molecule has 9 nitrogen and oxygen atoms in total. The van der Waals surface area contributed by atoms with Gasteiger partial charge in [-0.3, -0.25) is 14.9 Å². The molecule has 2 heterocycles. The molecule has 2 atom stereocenters. The third-order valence-corrected chi connectivity index (χ3v) is 4.73. The van der Waals surface area contributed by atoms with Gasteiger partial charge in [-0.15, -0.1) is 0 Å². The number of fused-ring (bicyclic) bond motifs is 3. The average Bonchev–Trinajstić information content (AvgIpc) is 3.10. The molecule has 1 aromatic carbocycles. The summed E-state index contributed by atoms with van der Waals surface area (Å²) in [5.74, 6) is -1.53. The number of hydrogen-bond acceptors (Lipinski definition) is 6. The summed E-state index contributed by atoms with van der Waals surface area (Å²) in [6.45, 7) is 7.51. The van der Waals surface area contributed by atoms with Crippen LogP contribution in [0.5, 0.6) is 0 Å². The lowest BCUT2D eigenvalue weighted by molar-refractivity contribution is -0.128. The highest BCUT2D eigenvalue weighted by Crippen LogP contribution is 2.37. The Kier molecular flexibility index (Phi) is 5.50. The monoisotopic (exact) mass is 402 g/mol. The van der Waals surface area contributed by atoms with Crippen LogP contribution in [0.25, 0.3) is 0 Å². The molecule has 1 aromatic rings. The van der Waals surface area contributed by atoms with Crippen molar-refractivity contribution in [3.05, 3.63) is 23.8 Å². The van der Waals surface area contributed by atoms with Gasteiger partial charge in [-0.2, -0.15) is 0 Å². The molecule has 3 N–H and O–H groups in total. The molecule has 2 aliphatic heterocycles. The van der Waals surface area contributed by atoms with Gasteiger partial charge in [0.05, 0.1) is 16.9 Å². The Balaban J connectivity index is 1.64. The second kappa shape index (κ2) is 7.73. The Morgan fingerprint density at radius 2 is 2.00 bits per heavy atom. The van der Waals surface area contributed by atoms with Crippen molar-refractivity contribution < 1.29 is 23.9 Å². The summed E-state index contributed by atoms with van der Waals surface area (Å²) < 4.78 is 5.18. The first-order valence-electron chi connectivity index (χ1n) is 9.61. The lowest BCUT2D eigenvalue weighted by atomic mass is 10.1. The number of carbonyl (C=O) groups excluding carboxylic acids is 4. The van der Waals surface area contributed by atoms with Crippen LogP contribution in [-0.4, -0.2) is 48.0 Å². The number of hydrogen-bond donors (Lipinski definition) is 3. The minimum Gasteiger partial charge on any atom is -0.449 e. The first-order valence-corrected chi connectivity index (χ1v) is 9.61. The van der Waals surface area contributed by atoms with E-state index in [-0.39, 0.29) is 17.5 Å². The fraction of sp³-hybridized carbons (Fsp3) is 0.500. The van der Waals surface area contributed by atoms with Crippen LogP contribution >= 0.6 is 0 Å². The first kappa shape index (κ1) is 20.6. The maximum Gasteiger partial charge on any atom is 0.338 e. The van der Waals surface area contributed by atoms with E-state index in [1.54, 1.807) is 39.0 Å². The Morgan fingerprint density at radius 3 is 2.69 bits per heavy atom. The third kappa shape index (κ3) is 4.67. The van der Waals surface area contributed by atoms with Gasteiger partial charge in [0, 0.05) is 12.1 Å². The quantitative estimate of drug-likeness (QED) is 0.664. The van der Waals surface area contributed by atoms with E-state index in [4.69, 9.17) is 4.74 Å². The average molecular weight is 402 g/mol. The number of benzene rings is 1. The molecule has 0 saturated carbocycles. The van der Waals surface area contributed by atoms with Crippen LogP contribution in [0.4, 0.5) is 16.2 Å². The zero-order chi connectivity index (χ0) is 21.3. The van der Waals surface area contributed by atoms with Crippen LogP contribution in [0.15, 0.2) is 18.2 Å². The normalized spacial score (nSPS) is 18.8. The molecule has 0 bridgehead atoms. The van der Waals surface area contributed by atoms with Gasteiger partial charge in [-0.05, 0) is 58.7 Å². The maximum atomic E-state index is 12.4. The summed E-state index contributed by atoms with van der Waals surface area (Å²) in [6, 6.07) is 4.09. The van der Waals surface area contributed by atoms with Gasteiger partial charge in [0.1, 0.15) is 6.04 Å². The topological polar surface area (TPSA) is 117 Å². The number of imide groups is 1. The van der Waals surface area contributed by atoms with Gasteiger partial charge in [0.25, 0.3) is 5.91 Å². The molecule has 3 rings (SSSR count). The largest absolute Gasteiger partial charge is 0.449 e. The molecule has 1 fully saturated rings. The number of nitrogens with one attached hydrogen (secondary N) is 3. The highest BCUT2D eigenvalue weighted by molar-refractivity contribution is 6.06. The van der Waals surface area contributed by atoms with Gasteiger partial charge >= 0.3 is 12.0 Å². The molecule has 1 saturated heterocycles. The summed E-state index contributed by atoms with van der Waals surface area (Å²) in [5.41, 5.74) is 1.12. The first-order chi connectivity index (χ1) is 13.5. The Labute approximate surface area is 169 Å². The van der Waals surface area contributed by atoms with Crippen molar-refractivity contribution in [1.82, 2.24) is 10.6 Å². The molecule has 4 amide bonds. The van der Waals surface area contributed by atoms with Crippen LogP contribution < -0.4 is 20.9 Å². The number of urea groups is 1. The van der Waals surface area contributed by atoms with Crippen LogP contribution in [0.1, 0.15) is 50.9 Å². The maximum absolute atomic E-state index is 12.4. The molecule has 0 aromatic heterocycles. The summed E-state index contributed by atoms with van der Waals surface area (Å²) in [7, 11) is 0. The zero-order valence-electron chi connectivity index (χ0n) is 17.0. The predicted octanol–water partition coefficient (Wildman–Crippen LogP) is 1.78. The second-order valence-electron chi connectivity index (χ2n) is 8.31. The van der Waals surface area contributed by atoms with Crippen molar-refractivity contribution in [2.45, 2.75) is 58.2 Å². The highest BCUT2D eigenvalue weighted by atomic mass is 16.5. The molecular formula is C20H26N4O5. The molecule has 0 radical (unpaired) electrons. The number of amides is 4. The van der Waals surface area contributed by atoms with Gasteiger partial charge in [-0.1, -0.05) is 0 Å². The SMILES string of the molecule is C[C@H](OC(=O)c1ccc2c(c1)NC(=O)[C@@H]1CCCN21)C(=O)NC(=O)NC(C)(C)C. The zero-order valence-corrected chi connectivity index (χ0v) is 17.0. The third-order valence-electron chi connectivity index (χ3n) is 4.73. The van der Waals surface area contributed by atoms with Crippen molar-refractivity contribution in [3.8, 4) is 0 Å². The van der Waals surface area contributed by atoms with Gasteiger partial charge < -0.3 is 20.3 Å². The Morgan fingerprint density at radius 1 is 1.28 bits per heavy atom. The molecule has 156 valence electrons. The molecule has 9 heteroatoms. The van der Waals surface area contributed by atoms with Crippen LogP contribution in [-0.2, 0) is 14.3 Å². The number of nitrogens with zero attached hydrogens (tertiary/aromatic N) is 1. The van der Waals surface area contributed by atoms with E-state index < -0.39 is 29.6 Å². The van der Waals surface area contributed by atoms with E-state index in [1.807, 2.05) is 4.90 Å². The molecule has 29 heavy (non-hydrogen) atoms. The van der Waals surface area contributed by atoms with E-state index >= 15 is 0 Å². The van der Waals surface area contributed by atoms with Crippen molar-refractivity contribution in [2.75, 3.05) is 16.8 Å². The van der Waals surface area contributed by atoms with Gasteiger partial charge in [0.15, 0.2) is 6.10 Å². The molecule has 0 aliphatic carbocycles. The van der Waals surface area contributed by atoms with E-state index in [0.717, 1.165) is 25.1 Å². The summed E-state index contributed by atoms with van der Waals surface area (Å²) in [6.07, 6.45) is 0.586. The van der Waals surface area contributed by atoms with Gasteiger partial charge in [-0.25, -0.2) is 9.59 Å². The van der Waals surface area contributed by atoms with E-state index in [1.165, 1.54) is 6.92 Å². The van der Waals surface area contributed by atoms with E-state index in [9.17, 15) is 19.2 Å². The summed E-state index contributed by atoms with van der Waals surface area (Å²) in [5, 5.41) is 7.56. The van der Waals surface area contributed by atoms with Crippen LogP contribution in [0.3, 0.4) is 0 Å². The minimum atomic E-state index is -1.16. The number of carbonyl (C=O) groups is 4. The number of ether oxygens (including phenoxy) is 1. The highest BCUT2D eigenvalue weighted by Gasteiger charge is 2.36. The fourth-order valence-corrected chi connectivity index (χ4v) is 3.42. The summed E-state index contributed by atoms with van der Waals surface area (Å²) in [4.78, 5) is 50.6. The Bertz CT molecular complexity index is 861. The predicted molar refractivity (Wildman–Crippen MR) is 107 cm³/mol. The molecule has 0 unspecified atom stereocenters. The number of esters is 1. The van der Waals surface area contributed by atoms with Crippen molar-refractivity contribution in [1.29, 1.82) is 0 Å². The molecule has 2 aliphatic rings. The lowest BCUT2D eigenvalue weighted by Gasteiger charge is -2.33. The van der Waals surface area contributed by atoms with Crippen molar-refractivity contribution in [3.63, 3.8) is 0 Å². The molecular weight excluding hydrogens is 376 g/mol. The second-order valence-corrected chi connectivity index (χ2v) is 8.31. The van der Waals surface area contributed by atoms with Crippen molar-refractivity contribution in [2.24, 2.45) is 0 Å². The lowest BCUT2D eigenvalue weighted by Crippen LogP contribution is -2.50. The Hall–Kier alpha value is -3.10. The van der Waals surface area contributed by atoms with Gasteiger partial charge in [0.2, 0.25) is 5.91 Å². The van der Waals surface area contributed by atoms with Crippen LogP contribution in [0, 0.1) is 0 Å². The van der Waals surface area contributed by atoms with Crippen LogP contribution in [0.2, 0.25) is 0 Å². The van der Waals surface area contributed by atoms with E-state index in [2.05, 4.69) is 16.0 Å². The standard InChI is InChI=1S/C20H26N4O5/c1-11(16(25)22-19(28)23-20(2,3)4)29-18(27)12-7-8-14-13(10-12)21-17(26)15-6-5-9-24(14)15/h7-8,10-11,15H,5-6,9H2,1-4H3,(H,21,26)(H2,22,23,25,28)/t11-,15-/m0/s1. The van der Waals surface area contributed by atoms with E-state index in [0.29, 0.717) is 5.69 Å². The minimum absolute atomic E-state index is 0.0851. The number of rotatable bonds is 3. The fourth-order valence-electron chi connectivity index (χ4n) is 3.42. The number of anilines is 2. The smallest absolute Gasteiger partial charge is 0.338 e. The molecule has 0 spiro atoms. The van der Waals surface area contributed by atoms with Crippen molar-refractivity contribution >= 4 is 35.2 Å². The summed E-state index contributed by atoms with van der Waals surface area (Å²) >= 11 is 0.